The Labute approximate surface area is 101 Å². The Bertz CT molecular complexity index is 318. The number of carboxylic acid groups (broad SMARTS) is 1. The van der Waals surface area contributed by atoms with Gasteiger partial charge in [-0.3, -0.25) is 4.79 Å². The topological polar surface area (TPSA) is 72.5 Å². The number of benzene rings is 1. The number of ether oxygens (including phenoxy) is 1. The van der Waals surface area contributed by atoms with Crippen LogP contribution in [0.3, 0.4) is 0 Å². The van der Waals surface area contributed by atoms with Crippen molar-refractivity contribution in [2.24, 2.45) is 5.73 Å². The SMILES string of the molecule is CC(OCc1ccccc1)[C@H](N)C(=O)O.Cl. The predicted molar refractivity (Wildman–Crippen MR) is 63.6 cm³/mol. The van der Waals surface area contributed by atoms with Gasteiger partial charge in [0.15, 0.2) is 0 Å². The molecule has 0 aliphatic heterocycles. The van der Waals surface area contributed by atoms with E-state index in [1.165, 1.54) is 0 Å². The largest absolute Gasteiger partial charge is 0.480 e. The highest BCUT2D eigenvalue weighted by Gasteiger charge is 2.20. The Hall–Kier alpha value is -1.10. The van der Waals surface area contributed by atoms with Crippen molar-refractivity contribution in [3.63, 3.8) is 0 Å². The van der Waals surface area contributed by atoms with Crippen molar-refractivity contribution in [3.8, 4) is 0 Å². The fourth-order valence-electron chi connectivity index (χ4n) is 1.11. The Kier molecular flexibility index (Phi) is 6.72. The van der Waals surface area contributed by atoms with Gasteiger partial charge in [-0.15, -0.1) is 12.4 Å². The zero-order chi connectivity index (χ0) is 11.3. The molecule has 5 heteroatoms. The minimum atomic E-state index is -1.05. The number of hydrogen-bond donors (Lipinski definition) is 2. The van der Waals surface area contributed by atoms with E-state index in [0.717, 1.165) is 5.56 Å². The summed E-state index contributed by atoms with van der Waals surface area (Å²) >= 11 is 0. The Morgan fingerprint density at radius 3 is 2.50 bits per heavy atom. The van der Waals surface area contributed by atoms with Crippen LogP contribution < -0.4 is 5.73 Å². The summed E-state index contributed by atoms with van der Waals surface area (Å²) in [5.74, 6) is -1.05. The van der Waals surface area contributed by atoms with E-state index >= 15 is 0 Å². The first kappa shape index (κ1) is 14.9. The first-order valence-electron chi connectivity index (χ1n) is 4.75. The van der Waals surface area contributed by atoms with Crippen LogP contribution in [0.25, 0.3) is 0 Å². The molecule has 1 aromatic rings. The number of nitrogens with two attached hydrogens (primary N) is 1. The maximum atomic E-state index is 10.5. The molecule has 0 spiro atoms. The lowest BCUT2D eigenvalue weighted by atomic mass is 10.2. The van der Waals surface area contributed by atoms with E-state index in [1.807, 2.05) is 30.3 Å². The van der Waals surface area contributed by atoms with Gasteiger partial charge in [0, 0.05) is 0 Å². The van der Waals surface area contributed by atoms with E-state index in [1.54, 1.807) is 6.92 Å². The molecule has 2 atom stereocenters. The summed E-state index contributed by atoms with van der Waals surface area (Å²) < 4.78 is 5.35. The summed E-state index contributed by atoms with van der Waals surface area (Å²) in [6.07, 6.45) is -0.497. The molecular weight excluding hydrogens is 230 g/mol. The smallest absolute Gasteiger partial charge is 0.323 e. The number of halogens is 1. The molecule has 3 N–H and O–H groups in total. The number of carbonyl (C=O) groups is 1. The van der Waals surface area contributed by atoms with E-state index < -0.39 is 18.1 Å². The third-order valence-electron chi connectivity index (χ3n) is 2.15. The van der Waals surface area contributed by atoms with Crippen LogP contribution in [0.4, 0.5) is 0 Å². The second-order valence-corrected chi connectivity index (χ2v) is 3.37. The average molecular weight is 246 g/mol. The summed E-state index contributed by atoms with van der Waals surface area (Å²) in [4.78, 5) is 10.5. The van der Waals surface area contributed by atoms with Gasteiger partial charge in [0.05, 0.1) is 12.7 Å². The number of aliphatic carboxylic acids is 1. The van der Waals surface area contributed by atoms with Gasteiger partial charge in [0.2, 0.25) is 0 Å². The molecule has 0 fully saturated rings. The van der Waals surface area contributed by atoms with Crippen LogP contribution >= 0.6 is 12.4 Å². The standard InChI is InChI=1S/C11H15NO3.ClH/c1-8(10(12)11(13)14)15-7-9-5-3-2-4-6-9;/h2-6,8,10H,7,12H2,1H3,(H,13,14);1H/t8?,10-;/m0./s1. The molecule has 90 valence electrons. The zero-order valence-corrected chi connectivity index (χ0v) is 9.81. The lowest BCUT2D eigenvalue weighted by molar-refractivity contribution is -0.142. The molecule has 1 unspecified atom stereocenters. The van der Waals surface area contributed by atoms with Gasteiger partial charge < -0.3 is 15.6 Å². The number of carboxylic acids is 1. The van der Waals surface area contributed by atoms with Crippen molar-refractivity contribution in [1.82, 2.24) is 0 Å². The minimum Gasteiger partial charge on any atom is -0.480 e. The van der Waals surface area contributed by atoms with Crippen molar-refractivity contribution >= 4 is 18.4 Å². The molecular formula is C11H16ClNO3. The monoisotopic (exact) mass is 245 g/mol. The molecule has 0 amide bonds. The van der Waals surface area contributed by atoms with Crippen LogP contribution in [-0.2, 0) is 16.1 Å². The minimum absolute atomic E-state index is 0. The van der Waals surface area contributed by atoms with Crippen LogP contribution in [0, 0.1) is 0 Å². The normalized spacial score (nSPS) is 13.6. The van der Waals surface area contributed by atoms with Crippen LogP contribution in [0.2, 0.25) is 0 Å². The fourth-order valence-corrected chi connectivity index (χ4v) is 1.11. The summed E-state index contributed by atoms with van der Waals surface area (Å²) in [6.45, 7) is 2.03. The van der Waals surface area contributed by atoms with E-state index in [0.29, 0.717) is 6.61 Å². The average Bonchev–Trinajstić information content (AvgIpc) is 2.26. The second kappa shape index (κ2) is 7.22. The third-order valence-corrected chi connectivity index (χ3v) is 2.15. The first-order chi connectivity index (χ1) is 7.11. The maximum absolute atomic E-state index is 10.5. The number of hydrogen-bond acceptors (Lipinski definition) is 3. The van der Waals surface area contributed by atoms with Gasteiger partial charge in [-0.25, -0.2) is 0 Å². The van der Waals surface area contributed by atoms with Crippen LogP contribution in [-0.4, -0.2) is 23.2 Å². The van der Waals surface area contributed by atoms with Crippen molar-refractivity contribution in [3.05, 3.63) is 35.9 Å². The van der Waals surface area contributed by atoms with E-state index in [4.69, 9.17) is 15.6 Å². The highest BCUT2D eigenvalue weighted by Crippen LogP contribution is 2.05. The van der Waals surface area contributed by atoms with Crippen molar-refractivity contribution < 1.29 is 14.6 Å². The van der Waals surface area contributed by atoms with Crippen LogP contribution in [0.1, 0.15) is 12.5 Å². The molecule has 0 aliphatic rings. The molecule has 1 rings (SSSR count). The molecule has 1 aromatic carbocycles. The van der Waals surface area contributed by atoms with Gasteiger partial charge in [-0.05, 0) is 12.5 Å². The lowest BCUT2D eigenvalue weighted by Crippen LogP contribution is -2.41. The summed E-state index contributed by atoms with van der Waals surface area (Å²) in [5.41, 5.74) is 6.40. The highest BCUT2D eigenvalue weighted by molar-refractivity contribution is 5.85. The molecule has 0 saturated heterocycles. The summed E-state index contributed by atoms with van der Waals surface area (Å²) in [7, 11) is 0. The quantitative estimate of drug-likeness (QED) is 0.823. The van der Waals surface area contributed by atoms with E-state index in [2.05, 4.69) is 0 Å². The molecule has 0 radical (unpaired) electrons. The molecule has 0 aliphatic carbocycles. The van der Waals surface area contributed by atoms with Crippen LogP contribution in [0.5, 0.6) is 0 Å². The first-order valence-corrected chi connectivity index (χ1v) is 4.75. The zero-order valence-electron chi connectivity index (χ0n) is 9.00. The van der Waals surface area contributed by atoms with Crippen molar-refractivity contribution in [2.75, 3.05) is 0 Å². The molecule has 0 heterocycles. The van der Waals surface area contributed by atoms with Gasteiger partial charge >= 0.3 is 5.97 Å². The molecule has 0 aromatic heterocycles. The fraction of sp³-hybridized carbons (Fsp3) is 0.364. The highest BCUT2D eigenvalue weighted by atomic mass is 35.5. The third kappa shape index (κ3) is 4.61. The summed E-state index contributed by atoms with van der Waals surface area (Å²) in [5, 5.41) is 8.64. The summed E-state index contributed by atoms with van der Waals surface area (Å²) in [6, 6.07) is 8.57. The Morgan fingerprint density at radius 2 is 2.00 bits per heavy atom. The van der Waals surface area contributed by atoms with Gasteiger partial charge in [0.1, 0.15) is 6.04 Å². The van der Waals surface area contributed by atoms with E-state index in [9.17, 15) is 4.79 Å². The maximum Gasteiger partial charge on any atom is 0.323 e. The molecule has 0 saturated carbocycles. The molecule has 0 bridgehead atoms. The van der Waals surface area contributed by atoms with Gasteiger partial charge in [-0.1, -0.05) is 30.3 Å². The van der Waals surface area contributed by atoms with Gasteiger partial charge in [0.25, 0.3) is 0 Å². The molecule has 16 heavy (non-hydrogen) atoms. The van der Waals surface area contributed by atoms with Crippen molar-refractivity contribution in [2.45, 2.75) is 25.7 Å². The van der Waals surface area contributed by atoms with Gasteiger partial charge in [-0.2, -0.15) is 0 Å². The van der Waals surface area contributed by atoms with Crippen molar-refractivity contribution in [1.29, 1.82) is 0 Å². The Balaban J connectivity index is 0.00000225. The Morgan fingerprint density at radius 1 is 1.44 bits per heavy atom. The second-order valence-electron chi connectivity index (χ2n) is 3.37. The van der Waals surface area contributed by atoms with Crippen LogP contribution in [0.15, 0.2) is 30.3 Å². The molecule has 4 nitrogen and oxygen atoms in total. The predicted octanol–water partition coefficient (Wildman–Crippen LogP) is 1.43. The lowest BCUT2D eigenvalue weighted by Gasteiger charge is -2.16. The number of rotatable bonds is 5. The van der Waals surface area contributed by atoms with E-state index in [-0.39, 0.29) is 12.4 Å².